The summed E-state index contributed by atoms with van der Waals surface area (Å²) in [5.41, 5.74) is 0.759. The van der Waals surface area contributed by atoms with E-state index in [2.05, 4.69) is 15.5 Å². The standard InChI is InChI=1S/C16H20N4O/c21-15(13-7-3-1-4-8-13)11-12-16-17-18-19-20(16)14-9-5-2-6-10-14/h1,3-4,7-8,14H,2,5-6,9-12H2. The molecule has 1 heterocycles. The van der Waals surface area contributed by atoms with Crippen LogP contribution in [0, 0.1) is 0 Å². The number of ketones is 1. The highest BCUT2D eigenvalue weighted by Crippen LogP contribution is 2.28. The van der Waals surface area contributed by atoms with Crippen LogP contribution in [0.5, 0.6) is 0 Å². The number of nitrogens with zero attached hydrogens (tertiary/aromatic N) is 4. The molecule has 0 amide bonds. The second kappa shape index (κ2) is 6.61. The van der Waals surface area contributed by atoms with Gasteiger partial charge in [0.25, 0.3) is 0 Å². The van der Waals surface area contributed by atoms with Crippen molar-refractivity contribution in [3.8, 4) is 0 Å². The first-order chi connectivity index (χ1) is 10.3. The van der Waals surface area contributed by atoms with Gasteiger partial charge in [-0.3, -0.25) is 4.79 Å². The van der Waals surface area contributed by atoms with Gasteiger partial charge < -0.3 is 0 Å². The molecule has 1 aromatic heterocycles. The predicted octanol–water partition coefficient (Wildman–Crippen LogP) is 2.99. The summed E-state index contributed by atoms with van der Waals surface area (Å²) in [5, 5.41) is 12.0. The van der Waals surface area contributed by atoms with Gasteiger partial charge in [-0.15, -0.1) is 5.10 Å². The minimum absolute atomic E-state index is 0.147. The van der Waals surface area contributed by atoms with E-state index in [0.717, 1.165) is 24.2 Å². The molecule has 2 aromatic rings. The van der Waals surface area contributed by atoms with Crippen molar-refractivity contribution in [3.05, 3.63) is 41.7 Å². The van der Waals surface area contributed by atoms with Crippen LogP contribution in [0.3, 0.4) is 0 Å². The van der Waals surface area contributed by atoms with Crippen molar-refractivity contribution >= 4 is 5.78 Å². The van der Waals surface area contributed by atoms with Crippen molar-refractivity contribution in [1.29, 1.82) is 0 Å². The number of aromatic nitrogens is 4. The molecule has 1 aliphatic rings. The molecule has 21 heavy (non-hydrogen) atoms. The zero-order valence-corrected chi connectivity index (χ0v) is 12.1. The number of carbonyl (C=O) groups excluding carboxylic acids is 1. The molecule has 3 rings (SSSR count). The molecule has 0 spiro atoms. The quantitative estimate of drug-likeness (QED) is 0.792. The number of tetrazole rings is 1. The third-order valence-electron chi connectivity index (χ3n) is 4.15. The molecule has 1 aromatic carbocycles. The third-order valence-corrected chi connectivity index (χ3v) is 4.15. The van der Waals surface area contributed by atoms with Crippen molar-refractivity contribution in [2.24, 2.45) is 0 Å². The molecule has 110 valence electrons. The van der Waals surface area contributed by atoms with Crippen LogP contribution >= 0.6 is 0 Å². The Kier molecular flexibility index (Phi) is 4.38. The van der Waals surface area contributed by atoms with Crippen LogP contribution in [0.1, 0.15) is 60.7 Å². The molecular weight excluding hydrogens is 264 g/mol. The molecule has 1 saturated carbocycles. The monoisotopic (exact) mass is 284 g/mol. The first-order valence-electron chi connectivity index (χ1n) is 7.69. The van der Waals surface area contributed by atoms with Crippen molar-refractivity contribution in [2.75, 3.05) is 0 Å². The summed E-state index contributed by atoms with van der Waals surface area (Å²) in [7, 11) is 0. The van der Waals surface area contributed by atoms with Gasteiger partial charge in [0, 0.05) is 18.4 Å². The van der Waals surface area contributed by atoms with E-state index in [1.165, 1.54) is 19.3 Å². The Hall–Kier alpha value is -2.04. The molecule has 5 heteroatoms. The van der Waals surface area contributed by atoms with Crippen molar-refractivity contribution in [3.63, 3.8) is 0 Å². The van der Waals surface area contributed by atoms with Gasteiger partial charge in [0.05, 0.1) is 6.04 Å². The summed E-state index contributed by atoms with van der Waals surface area (Å²) >= 11 is 0. The third kappa shape index (κ3) is 3.35. The van der Waals surface area contributed by atoms with E-state index < -0.39 is 0 Å². The topological polar surface area (TPSA) is 60.7 Å². The van der Waals surface area contributed by atoms with E-state index in [9.17, 15) is 4.79 Å². The molecule has 0 bridgehead atoms. The molecule has 1 fully saturated rings. The summed E-state index contributed by atoms with van der Waals surface area (Å²) in [6, 6.07) is 9.81. The Bertz CT molecular complexity index is 587. The second-order valence-corrected chi connectivity index (χ2v) is 5.62. The van der Waals surface area contributed by atoms with Crippen LogP contribution in [-0.2, 0) is 6.42 Å². The lowest BCUT2D eigenvalue weighted by Gasteiger charge is -2.22. The van der Waals surface area contributed by atoms with E-state index in [4.69, 9.17) is 0 Å². The van der Waals surface area contributed by atoms with Gasteiger partial charge in [0.2, 0.25) is 0 Å². The first-order valence-corrected chi connectivity index (χ1v) is 7.69. The van der Waals surface area contributed by atoms with E-state index in [1.54, 1.807) is 0 Å². The molecule has 0 atom stereocenters. The molecule has 5 nitrogen and oxygen atoms in total. The highest BCUT2D eigenvalue weighted by atomic mass is 16.1. The molecule has 1 aliphatic carbocycles. The average molecular weight is 284 g/mol. The normalized spacial score (nSPS) is 16.0. The number of hydrogen-bond donors (Lipinski definition) is 0. The number of hydrogen-bond acceptors (Lipinski definition) is 4. The minimum atomic E-state index is 0.147. The second-order valence-electron chi connectivity index (χ2n) is 5.62. The maximum absolute atomic E-state index is 12.1. The van der Waals surface area contributed by atoms with E-state index in [1.807, 2.05) is 35.0 Å². The molecular formula is C16H20N4O. The number of carbonyl (C=O) groups is 1. The summed E-state index contributed by atoms with van der Waals surface area (Å²) in [6.07, 6.45) is 7.14. The smallest absolute Gasteiger partial charge is 0.163 e. The Morgan fingerprint density at radius 2 is 1.90 bits per heavy atom. The Balaban J connectivity index is 1.63. The van der Waals surface area contributed by atoms with E-state index >= 15 is 0 Å². The number of benzene rings is 1. The lowest BCUT2D eigenvalue weighted by atomic mass is 9.95. The zero-order valence-electron chi connectivity index (χ0n) is 12.1. The van der Waals surface area contributed by atoms with Crippen LogP contribution in [0.2, 0.25) is 0 Å². The molecule has 0 saturated heterocycles. The summed E-state index contributed by atoms with van der Waals surface area (Å²) < 4.78 is 1.94. The molecule has 0 aliphatic heterocycles. The Morgan fingerprint density at radius 1 is 1.14 bits per heavy atom. The maximum Gasteiger partial charge on any atom is 0.163 e. The van der Waals surface area contributed by atoms with Crippen LogP contribution in [-0.4, -0.2) is 26.0 Å². The van der Waals surface area contributed by atoms with Crippen molar-refractivity contribution < 1.29 is 4.79 Å². The SMILES string of the molecule is O=C(CCc1nnnn1C1CCCCC1)c1ccccc1. The lowest BCUT2D eigenvalue weighted by molar-refractivity contribution is 0.0981. The van der Waals surface area contributed by atoms with Gasteiger partial charge >= 0.3 is 0 Å². The summed E-state index contributed by atoms with van der Waals surface area (Å²) in [4.78, 5) is 12.1. The summed E-state index contributed by atoms with van der Waals surface area (Å²) in [5.74, 6) is 0.986. The van der Waals surface area contributed by atoms with Gasteiger partial charge in [0.15, 0.2) is 11.6 Å². The Morgan fingerprint density at radius 3 is 2.67 bits per heavy atom. The van der Waals surface area contributed by atoms with Gasteiger partial charge in [-0.05, 0) is 23.3 Å². The van der Waals surface area contributed by atoms with Gasteiger partial charge in [-0.1, -0.05) is 49.6 Å². The predicted molar refractivity (Wildman–Crippen MR) is 79.0 cm³/mol. The largest absolute Gasteiger partial charge is 0.294 e. The maximum atomic E-state index is 12.1. The summed E-state index contributed by atoms with van der Waals surface area (Å²) in [6.45, 7) is 0. The minimum Gasteiger partial charge on any atom is -0.294 e. The zero-order chi connectivity index (χ0) is 14.5. The fourth-order valence-electron chi connectivity index (χ4n) is 2.98. The fourth-order valence-corrected chi connectivity index (χ4v) is 2.98. The van der Waals surface area contributed by atoms with Crippen molar-refractivity contribution in [1.82, 2.24) is 20.2 Å². The van der Waals surface area contributed by atoms with Crippen LogP contribution < -0.4 is 0 Å². The van der Waals surface area contributed by atoms with Crippen molar-refractivity contribution in [2.45, 2.75) is 51.0 Å². The van der Waals surface area contributed by atoms with Crippen LogP contribution in [0.25, 0.3) is 0 Å². The first kappa shape index (κ1) is 13.9. The molecule has 0 N–H and O–H groups in total. The Labute approximate surface area is 124 Å². The van der Waals surface area contributed by atoms with E-state index in [-0.39, 0.29) is 5.78 Å². The highest BCUT2D eigenvalue weighted by molar-refractivity contribution is 5.96. The number of rotatable bonds is 5. The van der Waals surface area contributed by atoms with Crippen LogP contribution in [0.15, 0.2) is 30.3 Å². The number of aryl methyl sites for hydroxylation is 1. The number of Topliss-reactive ketones (excluding diaryl/α,β-unsaturated/α-hetero) is 1. The van der Waals surface area contributed by atoms with Gasteiger partial charge in [0.1, 0.15) is 0 Å². The van der Waals surface area contributed by atoms with Gasteiger partial charge in [-0.25, -0.2) is 4.68 Å². The fraction of sp³-hybridized carbons (Fsp3) is 0.500. The van der Waals surface area contributed by atoms with Crippen LogP contribution in [0.4, 0.5) is 0 Å². The lowest BCUT2D eigenvalue weighted by Crippen LogP contribution is -2.17. The molecule has 0 radical (unpaired) electrons. The average Bonchev–Trinajstić information content (AvgIpc) is 3.03. The highest BCUT2D eigenvalue weighted by Gasteiger charge is 2.20. The molecule has 0 unspecified atom stereocenters. The van der Waals surface area contributed by atoms with Gasteiger partial charge in [-0.2, -0.15) is 0 Å². The van der Waals surface area contributed by atoms with E-state index in [0.29, 0.717) is 18.9 Å².